The van der Waals surface area contributed by atoms with Crippen molar-refractivity contribution < 1.29 is 9.90 Å². The molecule has 0 fully saturated rings. The third-order valence-electron chi connectivity index (χ3n) is 2.04. The predicted octanol–water partition coefficient (Wildman–Crippen LogP) is 3.40. The first-order valence-corrected chi connectivity index (χ1v) is 6.50. The topological polar surface area (TPSA) is 50.2 Å². The summed E-state index contributed by atoms with van der Waals surface area (Å²) in [4.78, 5) is 15.8. The molecule has 0 bridgehead atoms. The minimum atomic E-state index is -0.979. The normalized spacial score (nSPS) is 10.3. The highest BCUT2D eigenvalue weighted by atomic mass is 79.9. The number of hydrogen-bond donors (Lipinski definition) is 1. The summed E-state index contributed by atoms with van der Waals surface area (Å²) in [7, 11) is 0. The van der Waals surface area contributed by atoms with Gasteiger partial charge in [0.25, 0.3) is 0 Å². The molecule has 1 heterocycles. The molecule has 1 N–H and O–H groups in total. The second-order valence-corrected chi connectivity index (χ2v) is 4.74. The lowest BCUT2D eigenvalue weighted by Gasteiger charge is -1.92. The molecule has 82 valence electrons. The minimum absolute atomic E-state index is 0.140. The highest BCUT2D eigenvalue weighted by Crippen LogP contribution is 2.29. The summed E-state index contributed by atoms with van der Waals surface area (Å²) in [5, 5.41) is 10.2. The van der Waals surface area contributed by atoms with E-state index in [0.717, 1.165) is 15.4 Å². The Labute approximate surface area is 105 Å². The minimum Gasteiger partial charge on any atom is -0.476 e. The maximum atomic E-state index is 10.9. The van der Waals surface area contributed by atoms with E-state index in [1.807, 2.05) is 30.3 Å². The van der Waals surface area contributed by atoms with Crippen molar-refractivity contribution in [2.75, 3.05) is 0 Å². The van der Waals surface area contributed by atoms with E-state index < -0.39 is 5.97 Å². The molecule has 1 aromatic heterocycles. The Balaban J connectivity index is 2.48. The monoisotopic (exact) mass is 297 g/mol. The van der Waals surface area contributed by atoms with Crippen LogP contribution in [0.25, 0.3) is 10.6 Å². The maximum absolute atomic E-state index is 10.9. The fourth-order valence-corrected chi connectivity index (χ4v) is 2.83. The van der Waals surface area contributed by atoms with Gasteiger partial charge < -0.3 is 5.11 Å². The summed E-state index contributed by atoms with van der Waals surface area (Å²) < 4.78 is 0. The number of rotatable bonds is 3. The number of nitrogens with zero attached hydrogens (tertiary/aromatic N) is 1. The first-order valence-electron chi connectivity index (χ1n) is 4.56. The number of benzene rings is 1. The summed E-state index contributed by atoms with van der Waals surface area (Å²) in [5.41, 5.74) is 1.09. The number of halogens is 1. The van der Waals surface area contributed by atoms with E-state index >= 15 is 0 Å². The molecule has 0 atom stereocenters. The van der Waals surface area contributed by atoms with Gasteiger partial charge in [-0.3, -0.25) is 0 Å². The van der Waals surface area contributed by atoms with E-state index in [-0.39, 0.29) is 5.69 Å². The molecular weight excluding hydrogens is 290 g/mol. The van der Waals surface area contributed by atoms with E-state index in [1.165, 1.54) is 11.3 Å². The molecule has 0 aliphatic carbocycles. The van der Waals surface area contributed by atoms with Crippen molar-refractivity contribution in [3.05, 3.63) is 40.9 Å². The summed E-state index contributed by atoms with van der Waals surface area (Å²) in [6.07, 6.45) is 0. The Morgan fingerprint density at radius 1 is 1.38 bits per heavy atom. The summed E-state index contributed by atoms with van der Waals surface area (Å²) in [6.45, 7) is 0. The Bertz CT molecular complexity index is 510. The standard InChI is InChI=1S/C11H8BrNO2S/c12-6-8-9(11(14)15)13-10(16-8)7-4-2-1-3-5-7/h1-5H,6H2,(H,14,15). The number of carbonyl (C=O) groups is 1. The molecular formula is C11H8BrNO2S. The lowest BCUT2D eigenvalue weighted by atomic mass is 10.2. The SMILES string of the molecule is O=C(O)c1nc(-c2ccccc2)sc1CBr. The second kappa shape index (κ2) is 4.76. The Hall–Kier alpha value is -1.20. The van der Waals surface area contributed by atoms with Crippen LogP contribution in [0.15, 0.2) is 30.3 Å². The number of alkyl halides is 1. The zero-order chi connectivity index (χ0) is 11.5. The van der Waals surface area contributed by atoms with Gasteiger partial charge in [-0.15, -0.1) is 11.3 Å². The van der Waals surface area contributed by atoms with Crippen LogP contribution in [-0.2, 0) is 5.33 Å². The van der Waals surface area contributed by atoms with Crippen molar-refractivity contribution in [2.24, 2.45) is 0 Å². The van der Waals surface area contributed by atoms with E-state index in [0.29, 0.717) is 5.33 Å². The Morgan fingerprint density at radius 3 is 2.56 bits per heavy atom. The van der Waals surface area contributed by atoms with Gasteiger partial charge in [-0.2, -0.15) is 0 Å². The van der Waals surface area contributed by atoms with Crippen LogP contribution in [0.5, 0.6) is 0 Å². The first-order chi connectivity index (χ1) is 7.72. The lowest BCUT2D eigenvalue weighted by Crippen LogP contribution is -1.99. The molecule has 3 nitrogen and oxygen atoms in total. The third kappa shape index (κ3) is 2.15. The second-order valence-electron chi connectivity index (χ2n) is 3.10. The van der Waals surface area contributed by atoms with Gasteiger partial charge in [-0.25, -0.2) is 9.78 Å². The van der Waals surface area contributed by atoms with Crippen molar-refractivity contribution in [2.45, 2.75) is 5.33 Å². The molecule has 0 aliphatic heterocycles. The van der Waals surface area contributed by atoms with Gasteiger partial charge in [-0.05, 0) is 0 Å². The van der Waals surface area contributed by atoms with Crippen LogP contribution in [-0.4, -0.2) is 16.1 Å². The predicted molar refractivity (Wildman–Crippen MR) is 67.1 cm³/mol. The van der Waals surface area contributed by atoms with E-state index in [9.17, 15) is 4.79 Å². The number of carboxylic acid groups (broad SMARTS) is 1. The summed E-state index contributed by atoms with van der Waals surface area (Å²) in [6, 6.07) is 9.57. The van der Waals surface area contributed by atoms with Crippen LogP contribution < -0.4 is 0 Å². The number of hydrogen-bond acceptors (Lipinski definition) is 3. The molecule has 0 saturated heterocycles. The van der Waals surface area contributed by atoms with Gasteiger partial charge in [0.15, 0.2) is 5.69 Å². The molecule has 0 spiro atoms. The lowest BCUT2D eigenvalue weighted by molar-refractivity contribution is 0.0690. The van der Waals surface area contributed by atoms with Gasteiger partial charge in [0.1, 0.15) is 5.01 Å². The molecule has 2 aromatic rings. The molecule has 0 aliphatic rings. The van der Waals surface area contributed by atoms with Crippen LogP contribution in [0.2, 0.25) is 0 Å². The van der Waals surface area contributed by atoms with Gasteiger partial charge in [0.2, 0.25) is 0 Å². The first kappa shape index (κ1) is 11.3. The van der Waals surface area contributed by atoms with E-state index in [1.54, 1.807) is 0 Å². The Morgan fingerprint density at radius 2 is 2.06 bits per heavy atom. The quantitative estimate of drug-likeness (QED) is 0.883. The molecule has 0 radical (unpaired) electrons. The van der Waals surface area contributed by atoms with Crippen molar-refractivity contribution >= 4 is 33.2 Å². The molecule has 1 aromatic carbocycles. The number of carboxylic acids is 1. The van der Waals surface area contributed by atoms with Crippen LogP contribution in [0.1, 0.15) is 15.4 Å². The zero-order valence-electron chi connectivity index (χ0n) is 8.18. The smallest absolute Gasteiger partial charge is 0.355 e. The van der Waals surface area contributed by atoms with Crippen LogP contribution in [0.3, 0.4) is 0 Å². The average molecular weight is 298 g/mol. The molecule has 0 amide bonds. The molecule has 0 unspecified atom stereocenters. The number of aromatic nitrogens is 1. The van der Waals surface area contributed by atoms with Gasteiger partial charge >= 0.3 is 5.97 Å². The highest BCUT2D eigenvalue weighted by Gasteiger charge is 2.16. The molecule has 2 rings (SSSR count). The number of aromatic carboxylic acids is 1. The van der Waals surface area contributed by atoms with E-state index in [2.05, 4.69) is 20.9 Å². The van der Waals surface area contributed by atoms with Crippen molar-refractivity contribution in [3.8, 4) is 10.6 Å². The van der Waals surface area contributed by atoms with Crippen molar-refractivity contribution in [1.82, 2.24) is 4.98 Å². The Kier molecular flexibility index (Phi) is 3.36. The van der Waals surface area contributed by atoms with Crippen LogP contribution in [0, 0.1) is 0 Å². The maximum Gasteiger partial charge on any atom is 0.355 e. The summed E-state index contributed by atoms with van der Waals surface area (Å²) >= 11 is 4.67. The molecule has 5 heteroatoms. The zero-order valence-corrected chi connectivity index (χ0v) is 10.6. The van der Waals surface area contributed by atoms with Crippen molar-refractivity contribution in [3.63, 3.8) is 0 Å². The van der Waals surface area contributed by atoms with Gasteiger partial charge in [-0.1, -0.05) is 46.3 Å². The molecule has 16 heavy (non-hydrogen) atoms. The fraction of sp³-hybridized carbons (Fsp3) is 0.0909. The molecule has 0 saturated carbocycles. The van der Waals surface area contributed by atoms with Crippen LogP contribution >= 0.6 is 27.3 Å². The van der Waals surface area contributed by atoms with Crippen LogP contribution in [0.4, 0.5) is 0 Å². The van der Waals surface area contributed by atoms with E-state index in [4.69, 9.17) is 5.11 Å². The van der Waals surface area contributed by atoms with Gasteiger partial charge in [0, 0.05) is 10.9 Å². The third-order valence-corrected chi connectivity index (χ3v) is 4.08. The van der Waals surface area contributed by atoms with Crippen molar-refractivity contribution in [1.29, 1.82) is 0 Å². The summed E-state index contributed by atoms with van der Waals surface area (Å²) in [5.74, 6) is -0.979. The highest BCUT2D eigenvalue weighted by molar-refractivity contribution is 9.08. The number of thiazole rings is 1. The fourth-order valence-electron chi connectivity index (χ4n) is 1.31. The average Bonchev–Trinajstić information content (AvgIpc) is 2.74. The largest absolute Gasteiger partial charge is 0.476 e. The van der Waals surface area contributed by atoms with Gasteiger partial charge in [0.05, 0.1) is 4.88 Å².